The number of fused-ring (bicyclic) bond motifs is 1. The fraction of sp³-hybridized carbons (Fsp3) is 0.292. The molecule has 0 atom stereocenters. The minimum absolute atomic E-state index is 0.106. The number of hydrogen-bond donors (Lipinski definition) is 3. The number of aryl methyl sites for hydroxylation is 1. The quantitative estimate of drug-likeness (QED) is 0.507. The maximum absolute atomic E-state index is 13.2. The van der Waals surface area contributed by atoms with Crippen LogP contribution in [0, 0.1) is 5.41 Å². The lowest BCUT2D eigenvalue weighted by atomic mass is 9.94. The predicted octanol–water partition coefficient (Wildman–Crippen LogP) is 5.27. The lowest BCUT2D eigenvalue weighted by Gasteiger charge is -2.19. The number of H-pyrrole nitrogens is 1. The third kappa shape index (κ3) is 4.21. The van der Waals surface area contributed by atoms with Crippen molar-refractivity contribution in [2.45, 2.75) is 33.1 Å². The summed E-state index contributed by atoms with van der Waals surface area (Å²) in [5.74, 6) is -0.00807. The number of alkyl halides is 1. The molecule has 0 aliphatic heterocycles. The van der Waals surface area contributed by atoms with Crippen molar-refractivity contribution in [3.63, 3.8) is 0 Å². The first-order valence-corrected chi connectivity index (χ1v) is 10.3. The summed E-state index contributed by atoms with van der Waals surface area (Å²) in [6.45, 7) is 2.31. The smallest absolute Gasteiger partial charge is 0.233 e. The molecule has 3 N–H and O–H groups in total. The van der Waals surface area contributed by atoms with E-state index in [4.69, 9.17) is 0 Å². The number of carbonyl (C=O) groups is 2. The Bertz CT molecular complexity index is 1120. The Hall–Kier alpha value is -3.48. The summed E-state index contributed by atoms with van der Waals surface area (Å²) < 4.78 is 13.2. The highest BCUT2D eigenvalue weighted by Gasteiger charge is 2.29. The molecule has 2 aromatic heterocycles. The van der Waals surface area contributed by atoms with E-state index in [9.17, 15) is 14.0 Å². The number of aromatic amines is 1. The Labute approximate surface area is 180 Å². The predicted molar refractivity (Wildman–Crippen MR) is 119 cm³/mol. The van der Waals surface area contributed by atoms with Crippen molar-refractivity contribution in [1.29, 1.82) is 0 Å². The molecule has 0 bridgehead atoms. The van der Waals surface area contributed by atoms with Crippen molar-refractivity contribution >= 4 is 28.9 Å². The monoisotopic (exact) mass is 420 g/mol. The van der Waals surface area contributed by atoms with Crippen LogP contribution < -0.4 is 10.6 Å². The second-order valence-corrected chi connectivity index (χ2v) is 8.40. The van der Waals surface area contributed by atoms with E-state index in [0.29, 0.717) is 17.8 Å². The highest BCUT2D eigenvalue weighted by atomic mass is 19.1. The Kier molecular flexibility index (Phi) is 5.59. The number of anilines is 3. The first kappa shape index (κ1) is 20.8. The SMILES string of the molecule is CC(C)(CF)C(=O)Nc1cc(-c2[nH]c3c(c2Nc2ccccc2)C(=O)CCC3)ccn1. The van der Waals surface area contributed by atoms with Gasteiger partial charge in [0, 0.05) is 29.6 Å². The molecule has 1 aromatic carbocycles. The molecule has 0 radical (unpaired) electrons. The third-order valence-corrected chi connectivity index (χ3v) is 5.47. The molecule has 1 aliphatic carbocycles. The molecule has 31 heavy (non-hydrogen) atoms. The van der Waals surface area contributed by atoms with E-state index in [1.165, 1.54) is 0 Å². The molecular weight excluding hydrogens is 395 g/mol. The van der Waals surface area contributed by atoms with Crippen LogP contribution >= 0.6 is 0 Å². The largest absolute Gasteiger partial charge is 0.356 e. The van der Waals surface area contributed by atoms with E-state index >= 15 is 0 Å². The van der Waals surface area contributed by atoms with Crippen LogP contribution in [0.3, 0.4) is 0 Å². The molecule has 7 heteroatoms. The van der Waals surface area contributed by atoms with Gasteiger partial charge >= 0.3 is 0 Å². The molecule has 1 aliphatic rings. The van der Waals surface area contributed by atoms with Crippen molar-refractivity contribution in [3.05, 3.63) is 59.9 Å². The number of nitrogens with one attached hydrogen (secondary N) is 3. The molecular formula is C24H25FN4O2. The number of pyridine rings is 1. The van der Waals surface area contributed by atoms with Crippen molar-refractivity contribution in [2.75, 3.05) is 17.3 Å². The highest BCUT2D eigenvalue weighted by Crippen LogP contribution is 2.39. The number of rotatable bonds is 6. The van der Waals surface area contributed by atoms with Gasteiger partial charge in [0.15, 0.2) is 5.78 Å². The first-order valence-electron chi connectivity index (χ1n) is 10.3. The van der Waals surface area contributed by atoms with Crippen LogP contribution in [0.15, 0.2) is 48.7 Å². The number of nitrogens with zero attached hydrogens (tertiary/aromatic N) is 1. The number of ketones is 1. The molecule has 0 spiro atoms. The van der Waals surface area contributed by atoms with Crippen LogP contribution in [-0.2, 0) is 11.2 Å². The van der Waals surface area contributed by atoms with E-state index in [-0.39, 0.29) is 5.78 Å². The molecule has 2 heterocycles. The summed E-state index contributed by atoms with van der Waals surface area (Å²) in [7, 11) is 0. The van der Waals surface area contributed by atoms with Gasteiger partial charge in [0.25, 0.3) is 0 Å². The van der Waals surface area contributed by atoms with Crippen LogP contribution in [0.25, 0.3) is 11.3 Å². The Morgan fingerprint density at radius 2 is 1.97 bits per heavy atom. The molecule has 0 unspecified atom stereocenters. The average Bonchev–Trinajstić information content (AvgIpc) is 3.14. The van der Waals surface area contributed by atoms with Gasteiger partial charge in [-0.2, -0.15) is 0 Å². The van der Waals surface area contributed by atoms with Crippen molar-refractivity contribution in [3.8, 4) is 11.3 Å². The number of hydrogen-bond acceptors (Lipinski definition) is 4. The molecule has 3 aromatic rings. The van der Waals surface area contributed by atoms with Crippen molar-refractivity contribution < 1.29 is 14.0 Å². The second kappa shape index (κ2) is 8.34. The molecule has 1 amide bonds. The third-order valence-electron chi connectivity index (χ3n) is 5.47. The summed E-state index contributed by atoms with van der Waals surface area (Å²) in [4.78, 5) is 32.7. The number of carbonyl (C=O) groups excluding carboxylic acids is 2. The van der Waals surface area contributed by atoms with E-state index in [2.05, 4.69) is 20.6 Å². The van der Waals surface area contributed by atoms with Crippen LogP contribution in [0.5, 0.6) is 0 Å². The number of amides is 1. The zero-order chi connectivity index (χ0) is 22.0. The summed E-state index contributed by atoms with van der Waals surface area (Å²) in [5.41, 5.74) is 3.57. The van der Waals surface area contributed by atoms with E-state index in [1.807, 2.05) is 36.4 Å². The fourth-order valence-corrected chi connectivity index (χ4v) is 3.61. The van der Waals surface area contributed by atoms with Gasteiger partial charge in [0.2, 0.25) is 5.91 Å². The van der Waals surface area contributed by atoms with Crippen LogP contribution in [0.2, 0.25) is 0 Å². The Balaban J connectivity index is 1.74. The van der Waals surface area contributed by atoms with Gasteiger partial charge in [-0.1, -0.05) is 18.2 Å². The van der Waals surface area contributed by atoms with E-state index < -0.39 is 18.0 Å². The topological polar surface area (TPSA) is 86.9 Å². The minimum Gasteiger partial charge on any atom is -0.356 e. The summed E-state index contributed by atoms with van der Waals surface area (Å²) in [5, 5.41) is 6.09. The summed E-state index contributed by atoms with van der Waals surface area (Å²) in [6, 6.07) is 13.2. The minimum atomic E-state index is -1.14. The number of aromatic nitrogens is 2. The van der Waals surface area contributed by atoms with Crippen LogP contribution in [0.4, 0.5) is 21.6 Å². The van der Waals surface area contributed by atoms with E-state index in [0.717, 1.165) is 41.2 Å². The van der Waals surface area contributed by atoms with Crippen molar-refractivity contribution in [1.82, 2.24) is 9.97 Å². The maximum atomic E-state index is 13.2. The van der Waals surface area contributed by atoms with Gasteiger partial charge < -0.3 is 15.6 Å². The van der Waals surface area contributed by atoms with Gasteiger partial charge in [0.05, 0.1) is 22.4 Å². The number of Topliss-reactive ketones (excluding diaryl/α,β-unsaturated/α-hetero) is 1. The molecule has 4 rings (SSSR count). The lowest BCUT2D eigenvalue weighted by Crippen LogP contribution is -2.32. The Morgan fingerprint density at radius 3 is 2.71 bits per heavy atom. The van der Waals surface area contributed by atoms with Crippen molar-refractivity contribution in [2.24, 2.45) is 5.41 Å². The van der Waals surface area contributed by atoms with Crippen LogP contribution in [-0.4, -0.2) is 28.3 Å². The molecule has 0 saturated carbocycles. The zero-order valence-corrected chi connectivity index (χ0v) is 17.6. The zero-order valence-electron chi connectivity index (χ0n) is 17.6. The van der Waals surface area contributed by atoms with Gasteiger partial charge in [-0.05, 0) is 51.0 Å². The standard InChI is InChI=1S/C24H25FN4O2/c1-24(2,14-25)23(31)29-19-13-15(11-12-26-19)21-22(27-16-7-4-3-5-8-16)20-17(28-21)9-6-10-18(20)30/h3-5,7-8,11-13,27-28H,6,9-10,14H2,1-2H3,(H,26,29,31). The average molecular weight is 420 g/mol. The van der Waals surface area contributed by atoms with E-state index in [1.54, 1.807) is 26.1 Å². The van der Waals surface area contributed by atoms with Gasteiger partial charge in [0.1, 0.15) is 12.5 Å². The normalized spacial score (nSPS) is 13.6. The maximum Gasteiger partial charge on any atom is 0.233 e. The molecule has 6 nitrogen and oxygen atoms in total. The first-order chi connectivity index (χ1) is 14.9. The molecule has 0 fully saturated rings. The lowest BCUT2D eigenvalue weighted by molar-refractivity contribution is -0.124. The molecule has 0 saturated heterocycles. The Morgan fingerprint density at radius 1 is 1.19 bits per heavy atom. The molecule has 160 valence electrons. The highest BCUT2D eigenvalue weighted by molar-refractivity contribution is 6.07. The van der Waals surface area contributed by atoms with Gasteiger partial charge in [-0.3, -0.25) is 9.59 Å². The fourth-order valence-electron chi connectivity index (χ4n) is 3.61. The number of halogens is 1. The van der Waals surface area contributed by atoms with Gasteiger partial charge in [-0.25, -0.2) is 9.37 Å². The summed E-state index contributed by atoms with van der Waals surface area (Å²) in [6.07, 6.45) is 3.71. The summed E-state index contributed by atoms with van der Waals surface area (Å²) >= 11 is 0. The second-order valence-electron chi connectivity index (χ2n) is 8.40. The van der Waals surface area contributed by atoms with Crippen LogP contribution in [0.1, 0.15) is 42.7 Å². The van der Waals surface area contributed by atoms with Gasteiger partial charge in [-0.15, -0.1) is 0 Å². The number of benzene rings is 1. The number of para-hydroxylation sites is 1.